The van der Waals surface area contributed by atoms with E-state index in [4.69, 9.17) is 0 Å². The van der Waals surface area contributed by atoms with Gasteiger partial charge in [0.1, 0.15) is 0 Å². The highest BCUT2D eigenvalue weighted by atomic mass is 16.8. The second kappa shape index (κ2) is 6.32. The van der Waals surface area contributed by atoms with Gasteiger partial charge < -0.3 is 19.7 Å². The molecule has 2 N–H and O–H groups in total. The Hall–Kier alpha value is -1.66. The molecule has 0 aromatic carbocycles. The maximum atomic E-state index is 11.1. The fraction of sp³-hybridized carbons (Fsp3) is 0.500. The molecule has 6 heteroatoms. The molecule has 0 bridgehead atoms. The minimum atomic E-state index is -2.56. The highest BCUT2D eigenvalue weighted by Gasteiger charge is 2.42. The number of aliphatic hydroxyl groups is 2. The number of esters is 2. The van der Waals surface area contributed by atoms with Crippen LogP contribution in [0.25, 0.3) is 0 Å². The van der Waals surface area contributed by atoms with Crippen LogP contribution in [0.5, 0.6) is 0 Å². The molecule has 0 aliphatic heterocycles. The molecule has 0 heterocycles. The molecular formula is C12H18O6. The predicted octanol–water partition coefficient (Wildman–Crippen LogP) is 0.642. The van der Waals surface area contributed by atoms with Crippen LogP contribution in [0.4, 0.5) is 0 Å². The zero-order chi connectivity index (χ0) is 14.4. The molecule has 0 spiro atoms. The van der Waals surface area contributed by atoms with E-state index in [-0.39, 0.29) is 6.42 Å². The Balaban J connectivity index is 5.01. The highest BCUT2D eigenvalue weighted by molar-refractivity contribution is 5.83. The van der Waals surface area contributed by atoms with E-state index < -0.39 is 29.9 Å². The normalized spacial score (nSPS) is 14.2. The number of carbonyl (C=O) groups excluding carboxylic acids is 2. The molecular weight excluding hydrogens is 240 g/mol. The predicted molar refractivity (Wildman–Crippen MR) is 63.1 cm³/mol. The molecule has 0 saturated carbocycles. The van der Waals surface area contributed by atoms with Crippen LogP contribution in [-0.2, 0) is 19.1 Å². The van der Waals surface area contributed by atoms with Gasteiger partial charge in [0.05, 0.1) is 12.0 Å². The van der Waals surface area contributed by atoms with E-state index in [1.54, 1.807) is 6.92 Å². The Morgan fingerprint density at radius 2 is 1.56 bits per heavy atom. The van der Waals surface area contributed by atoms with E-state index in [0.29, 0.717) is 0 Å². The van der Waals surface area contributed by atoms with Crippen LogP contribution >= 0.6 is 0 Å². The summed E-state index contributed by atoms with van der Waals surface area (Å²) >= 11 is 0. The van der Waals surface area contributed by atoms with E-state index in [0.717, 1.165) is 12.2 Å². The van der Waals surface area contributed by atoms with Gasteiger partial charge in [-0.15, -0.1) is 0 Å². The van der Waals surface area contributed by atoms with E-state index in [9.17, 15) is 19.8 Å². The molecule has 0 saturated heterocycles. The largest absolute Gasteiger partial charge is 0.395 e. The van der Waals surface area contributed by atoms with E-state index in [1.165, 1.54) is 6.92 Å². The van der Waals surface area contributed by atoms with Crippen LogP contribution in [-0.4, -0.2) is 33.7 Å². The van der Waals surface area contributed by atoms with Gasteiger partial charge in [-0.2, -0.15) is 0 Å². The standard InChI is InChI=1S/C12H18O6/c1-5-9(13)17-12(16,18-10(14)6-2)8-11(4,15)7-3/h5-6,15-16H,1-2,7-8H2,3-4H3. The Morgan fingerprint density at radius 3 is 1.83 bits per heavy atom. The van der Waals surface area contributed by atoms with Gasteiger partial charge >= 0.3 is 17.9 Å². The third-order valence-corrected chi connectivity index (χ3v) is 2.22. The SMILES string of the molecule is C=CC(=O)OC(O)(CC(C)(O)CC)OC(=O)C=C. The number of ether oxygens (including phenoxy) is 2. The lowest BCUT2D eigenvalue weighted by molar-refractivity contribution is -0.336. The summed E-state index contributed by atoms with van der Waals surface area (Å²) in [5.74, 6) is -4.53. The average molecular weight is 258 g/mol. The topological polar surface area (TPSA) is 93.1 Å². The van der Waals surface area contributed by atoms with Gasteiger partial charge in [0.2, 0.25) is 0 Å². The van der Waals surface area contributed by atoms with Gasteiger partial charge in [0.15, 0.2) is 0 Å². The number of hydrogen-bond donors (Lipinski definition) is 2. The Morgan fingerprint density at radius 1 is 1.17 bits per heavy atom. The molecule has 0 radical (unpaired) electrons. The highest BCUT2D eigenvalue weighted by Crippen LogP contribution is 2.26. The first-order chi connectivity index (χ1) is 8.18. The van der Waals surface area contributed by atoms with Gasteiger partial charge in [0, 0.05) is 12.2 Å². The smallest absolute Gasteiger partial charge is 0.376 e. The summed E-state index contributed by atoms with van der Waals surface area (Å²) < 4.78 is 9.09. The third kappa shape index (κ3) is 5.60. The van der Waals surface area contributed by atoms with Crippen molar-refractivity contribution in [2.75, 3.05) is 0 Å². The van der Waals surface area contributed by atoms with Crippen molar-refractivity contribution in [1.82, 2.24) is 0 Å². The van der Waals surface area contributed by atoms with Crippen molar-refractivity contribution in [1.29, 1.82) is 0 Å². The fourth-order valence-corrected chi connectivity index (χ4v) is 1.10. The van der Waals surface area contributed by atoms with Crippen molar-refractivity contribution in [2.45, 2.75) is 38.3 Å². The van der Waals surface area contributed by atoms with Gasteiger partial charge in [-0.3, -0.25) is 0 Å². The maximum Gasteiger partial charge on any atom is 0.376 e. The monoisotopic (exact) mass is 258 g/mol. The quantitative estimate of drug-likeness (QED) is 0.395. The van der Waals surface area contributed by atoms with Crippen molar-refractivity contribution in [3.63, 3.8) is 0 Å². The lowest BCUT2D eigenvalue weighted by Gasteiger charge is -2.32. The van der Waals surface area contributed by atoms with Crippen LogP contribution < -0.4 is 0 Å². The number of carbonyl (C=O) groups is 2. The molecule has 1 unspecified atom stereocenters. The molecule has 0 aliphatic rings. The summed E-state index contributed by atoms with van der Waals surface area (Å²) in [6.07, 6.45) is 1.36. The summed E-state index contributed by atoms with van der Waals surface area (Å²) in [5, 5.41) is 19.8. The van der Waals surface area contributed by atoms with E-state index in [2.05, 4.69) is 22.6 Å². The summed E-state index contributed by atoms with van der Waals surface area (Å²) in [6.45, 7) is 9.37. The lowest BCUT2D eigenvalue weighted by Crippen LogP contribution is -2.46. The number of hydrogen-bond acceptors (Lipinski definition) is 6. The molecule has 18 heavy (non-hydrogen) atoms. The molecule has 0 aromatic rings. The molecule has 0 amide bonds. The van der Waals surface area contributed by atoms with Gasteiger partial charge in [0.25, 0.3) is 0 Å². The minimum Gasteiger partial charge on any atom is -0.395 e. The average Bonchev–Trinajstić information content (AvgIpc) is 2.27. The maximum absolute atomic E-state index is 11.1. The molecule has 0 fully saturated rings. The fourth-order valence-electron chi connectivity index (χ4n) is 1.10. The Bertz CT molecular complexity index is 322. The molecule has 102 valence electrons. The van der Waals surface area contributed by atoms with E-state index >= 15 is 0 Å². The number of rotatable bonds is 7. The van der Waals surface area contributed by atoms with E-state index in [1.807, 2.05) is 0 Å². The second-order valence-corrected chi connectivity index (χ2v) is 3.99. The lowest BCUT2D eigenvalue weighted by atomic mass is 9.98. The molecule has 0 aliphatic carbocycles. The van der Waals surface area contributed by atoms with Crippen molar-refractivity contribution in [3.05, 3.63) is 25.3 Å². The molecule has 0 rings (SSSR count). The van der Waals surface area contributed by atoms with Gasteiger partial charge in [-0.1, -0.05) is 20.1 Å². The van der Waals surface area contributed by atoms with Crippen molar-refractivity contribution in [2.24, 2.45) is 0 Å². The second-order valence-electron chi connectivity index (χ2n) is 3.99. The van der Waals surface area contributed by atoms with Gasteiger partial charge in [-0.05, 0) is 13.3 Å². The first-order valence-corrected chi connectivity index (χ1v) is 5.33. The third-order valence-electron chi connectivity index (χ3n) is 2.22. The van der Waals surface area contributed by atoms with Crippen LogP contribution in [0.1, 0.15) is 26.7 Å². The Kier molecular flexibility index (Phi) is 5.74. The van der Waals surface area contributed by atoms with Crippen molar-refractivity contribution >= 4 is 11.9 Å². The van der Waals surface area contributed by atoms with Crippen LogP contribution in [0.2, 0.25) is 0 Å². The Labute approximate surface area is 106 Å². The van der Waals surface area contributed by atoms with Crippen LogP contribution in [0.15, 0.2) is 25.3 Å². The first kappa shape index (κ1) is 16.3. The van der Waals surface area contributed by atoms with Crippen molar-refractivity contribution in [3.8, 4) is 0 Å². The zero-order valence-electron chi connectivity index (χ0n) is 10.5. The van der Waals surface area contributed by atoms with Crippen LogP contribution in [0, 0.1) is 0 Å². The van der Waals surface area contributed by atoms with Gasteiger partial charge in [-0.25, -0.2) is 9.59 Å². The molecule has 6 nitrogen and oxygen atoms in total. The zero-order valence-corrected chi connectivity index (χ0v) is 10.5. The molecule has 0 aromatic heterocycles. The summed E-state index contributed by atoms with van der Waals surface area (Å²) in [5.41, 5.74) is -1.38. The molecule has 1 atom stereocenters. The summed E-state index contributed by atoms with van der Waals surface area (Å²) in [4.78, 5) is 22.1. The minimum absolute atomic E-state index is 0.257. The summed E-state index contributed by atoms with van der Waals surface area (Å²) in [6, 6.07) is 0. The van der Waals surface area contributed by atoms with Crippen LogP contribution in [0.3, 0.4) is 0 Å². The summed E-state index contributed by atoms with van der Waals surface area (Å²) in [7, 11) is 0. The van der Waals surface area contributed by atoms with Crippen molar-refractivity contribution < 1.29 is 29.3 Å². The first-order valence-electron chi connectivity index (χ1n) is 5.33.